The Morgan fingerprint density at radius 2 is 1.91 bits per heavy atom. The smallest absolute Gasteiger partial charge is 0.338 e. The monoisotopic (exact) mass is 493 g/mol. The topological polar surface area (TPSA) is 53.6 Å². The molecule has 35 heavy (non-hydrogen) atoms. The lowest BCUT2D eigenvalue weighted by Crippen LogP contribution is -2.44. The third kappa shape index (κ3) is 6.16. The second-order valence-electron chi connectivity index (χ2n) is 9.71. The number of esters is 1. The number of unbranched alkanes of at least 4 members (excludes halogenated alkanes) is 4. The summed E-state index contributed by atoms with van der Waals surface area (Å²) in [5.41, 5.74) is 4.10. The van der Waals surface area contributed by atoms with Crippen LogP contribution in [0, 0.1) is 5.92 Å². The van der Waals surface area contributed by atoms with E-state index >= 15 is 0 Å². The molecule has 2 heterocycles. The molecule has 2 aliphatic heterocycles. The van der Waals surface area contributed by atoms with Crippen molar-refractivity contribution >= 4 is 29.0 Å². The fourth-order valence-corrected chi connectivity index (χ4v) is 5.86. The van der Waals surface area contributed by atoms with Crippen LogP contribution in [-0.4, -0.2) is 35.2 Å². The molecule has 0 aliphatic carbocycles. The van der Waals surface area contributed by atoms with Crippen LogP contribution in [0.1, 0.15) is 86.3 Å². The minimum absolute atomic E-state index is 0.164. The highest BCUT2D eigenvalue weighted by Crippen LogP contribution is 2.47. The molecule has 0 saturated carbocycles. The molecule has 0 amide bonds. The molecular weight excluding hydrogens is 454 g/mol. The van der Waals surface area contributed by atoms with E-state index in [9.17, 15) is 4.79 Å². The van der Waals surface area contributed by atoms with E-state index in [0.29, 0.717) is 30.7 Å². The van der Waals surface area contributed by atoms with E-state index in [1.165, 1.54) is 44.1 Å². The molecule has 6 heteroatoms. The summed E-state index contributed by atoms with van der Waals surface area (Å²) in [6, 6.07) is 16.9. The van der Waals surface area contributed by atoms with E-state index in [0.717, 1.165) is 29.3 Å². The average molecular weight is 494 g/mol. The summed E-state index contributed by atoms with van der Waals surface area (Å²) >= 11 is 5.91. The summed E-state index contributed by atoms with van der Waals surface area (Å²) in [6.45, 7) is 6.11. The average Bonchev–Trinajstić information content (AvgIpc) is 3.33. The summed E-state index contributed by atoms with van der Waals surface area (Å²) in [5, 5.41) is 8.11. The van der Waals surface area contributed by atoms with Gasteiger partial charge in [0.05, 0.1) is 18.2 Å². The van der Waals surface area contributed by atoms with Crippen molar-refractivity contribution in [3.63, 3.8) is 0 Å². The SMILES string of the molecule is CCCCCCC[C@H]1Nc2ccc(C(=O)OCC)cc2[C@@H]2[C@H]1CCN2C(=S)NCc1ccccc1. The minimum atomic E-state index is -0.265. The van der Waals surface area contributed by atoms with Crippen molar-refractivity contribution in [2.75, 3.05) is 18.5 Å². The molecule has 1 saturated heterocycles. The lowest BCUT2D eigenvalue weighted by molar-refractivity contribution is 0.0526. The van der Waals surface area contributed by atoms with Crippen molar-refractivity contribution in [2.24, 2.45) is 5.92 Å². The number of ether oxygens (including phenoxy) is 1. The molecule has 188 valence electrons. The van der Waals surface area contributed by atoms with Gasteiger partial charge in [-0.2, -0.15) is 0 Å². The lowest BCUT2D eigenvalue weighted by atomic mass is 9.80. The van der Waals surface area contributed by atoms with Gasteiger partial charge in [-0.1, -0.05) is 69.4 Å². The summed E-state index contributed by atoms with van der Waals surface area (Å²) in [6.07, 6.45) is 8.70. The standard InChI is InChI=1S/C29H39N3O2S/c1-3-5-6-7-11-14-25-23-17-18-32(29(35)30-20-21-12-9-8-10-13-21)27(23)24-19-22(28(33)34-4-2)15-16-26(24)31-25/h8-10,12-13,15-16,19,23,25,27,31H,3-7,11,14,17-18,20H2,1-2H3,(H,30,35)/t23-,25+,27-/m0/s1. The van der Waals surface area contributed by atoms with Gasteiger partial charge < -0.3 is 20.3 Å². The highest BCUT2D eigenvalue weighted by molar-refractivity contribution is 7.80. The van der Waals surface area contributed by atoms with E-state index in [-0.39, 0.29) is 12.0 Å². The molecule has 2 aliphatic rings. The number of nitrogens with zero attached hydrogens (tertiary/aromatic N) is 1. The molecule has 0 bridgehead atoms. The van der Waals surface area contributed by atoms with Crippen LogP contribution >= 0.6 is 12.2 Å². The minimum Gasteiger partial charge on any atom is -0.462 e. The Hall–Kier alpha value is -2.60. The lowest BCUT2D eigenvalue weighted by Gasteiger charge is -2.41. The van der Waals surface area contributed by atoms with E-state index in [4.69, 9.17) is 17.0 Å². The van der Waals surface area contributed by atoms with Crippen molar-refractivity contribution in [3.8, 4) is 0 Å². The Morgan fingerprint density at radius 3 is 2.69 bits per heavy atom. The Balaban J connectivity index is 1.54. The van der Waals surface area contributed by atoms with E-state index < -0.39 is 0 Å². The molecule has 0 spiro atoms. The van der Waals surface area contributed by atoms with Gasteiger partial charge in [0, 0.05) is 30.7 Å². The predicted molar refractivity (Wildman–Crippen MR) is 147 cm³/mol. The number of hydrogen-bond donors (Lipinski definition) is 2. The van der Waals surface area contributed by atoms with Gasteiger partial charge >= 0.3 is 5.97 Å². The van der Waals surface area contributed by atoms with Crippen LogP contribution in [0.25, 0.3) is 0 Å². The van der Waals surface area contributed by atoms with Gasteiger partial charge in [0.2, 0.25) is 0 Å². The van der Waals surface area contributed by atoms with Crippen molar-refractivity contribution in [1.29, 1.82) is 0 Å². The first-order chi connectivity index (χ1) is 17.1. The third-order valence-electron chi connectivity index (χ3n) is 7.35. The van der Waals surface area contributed by atoms with Gasteiger partial charge in [0.15, 0.2) is 5.11 Å². The predicted octanol–water partition coefficient (Wildman–Crippen LogP) is 6.46. The maximum Gasteiger partial charge on any atom is 0.338 e. The normalized spacial score (nSPS) is 20.5. The van der Waals surface area contributed by atoms with Crippen LogP contribution in [-0.2, 0) is 11.3 Å². The van der Waals surface area contributed by atoms with Crippen LogP contribution in [0.4, 0.5) is 5.69 Å². The zero-order valence-electron chi connectivity index (χ0n) is 21.1. The quantitative estimate of drug-likeness (QED) is 0.225. The zero-order chi connectivity index (χ0) is 24.6. The third-order valence-corrected chi connectivity index (χ3v) is 7.73. The molecule has 0 aromatic heterocycles. The molecule has 2 N–H and O–H groups in total. The van der Waals surface area contributed by atoms with Crippen LogP contribution in [0.15, 0.2) is 48.5 Å². The van der Waals surface area contributed by atoms with Gasteiger partial charge in [-0.25, -0.2) is 4.79 Å². The highest BCUT2D eigenvalue weighted by Gasteiger charge is 2.44. The number of fused-ring (bicyclic) bond motifs is 3. The fourth-order valence-electron chi connectivity index (χ4n) is 5.58. The van der Waals surface area contributed by atoms with E-state index in [1.807, 2.05) is 25.1 Å². The first kappa shape index (κ1) is 25.5. The molecular formula is C29H39N3O2S. The van der Waals surface area contributed by atoms with Crippen LogP contribution in [0.3, 0.4) is 0 Å². The number of thiocarbonyl (C=S) groups is 1. The number of benzene rings is 2. The summed E-state index contributed by atoms with van der Waals surface area (Å²) in [7, 11) is 0. The first-order valence-electron chi connectivity index (χ1n) is 13.3. The Morgan fingerprint density at radius 1 is 1.11 bits per heavy atom. The van der Waals surface area contributed by atoms with Crippen molar-refractivity contribution in [3.05, 3.63) is 65.2 Å². The Kier molecular flexibility index (Phi) is 9.02. The van der Waals surface area contributed by atoms with Crippen LogP contribution in [0.5, 0.6) is 0 Å². The van der Waals surface area contributed by atoms with Gasteiger partial charge in [0.25, 0.3) is 0 Å². The number of nitrogens with one attached hydrogen (secondary N) is 2. The van der Waals surface area contributed by atoms with Crippen molar-refractivity contribution in [1.82, 2.24) is 10.2 Å². The summed E-state index contributed by atoms with van der Waals surface area (Å²) in [5.74, 6) is 0.196. The maximum absolute atomic E-state index is 12.5. The van der Waals surface area contributed by atoms with Gasteiger partial charge in [0.1, 0.15) is 0 Å². The van der Waals surface area contributed by atoms with E-state index in [2.05, 4.69) is 52.8 Å². The number of likely N-dealkylation sites (tertiary alicyclic amines) is 1. The molecule has 5 nitrogen and oxygen atoms in total. The Bertz CT molecular complexity index is 997. The van der Waals surface area contributed by atoms with E-state index in [1.54, 1.807) is 0 Å². The fraction of sp³-hybridized carbons (Fsp3) is 0.517. The molecule has 4 rings (SSSR count). The number of rotatable bonds is 10. The molecule has 2 aromatic rings. The number of anilines is 1. The summed E-state index contributed by atoms with van der Waals surface area (Å²) < 4.78 is 5.29. The molecule has 3 atom stereocenters. The second-order valence-corrected chi connectivity index (χ2v) is 10.1. The van der Waals surface area contributed by atoms with Crippen LogP contribution < -0.4 is 10.6 Å². The van der Waals surface area contributed by atoms with Gasteiger partial charge in [-0.3, -0.25) is 0 Å². The van der Waals surface area contributed by atoms with Crippen molar-refractivity contribution in [2.45, 2.75) is 77.4 Å². The Labute approximate surface area is 215 Å². The second kappa shape index (κ2) is 12.4. The first-order valence-corrected chi connectivity index (χ1v) is 13.7. The number of hydrogen-bond acceptors (Lipinski definition) is 4. The van der Waals surface area contributed by atoms with Crippen molar-refractivity contribution < 1.29 is 9.53 Å². The van der Waals surface area contributed by atoms with Crippen LogP contribution in [0.2, 0.25) is 0 Å². The van der Waals surface area contributed by atoms with Gasteiger partial charge in [-0.15, -0.1) is 0 Å². The highest BCUT2D eigenvalue weighted by atomic mass is 32.1. The number of carbonyl (C=O) groups excluding carboxylic acids is 1. The molecule has 1 fully saturated rings. The zero-order valence-corrected chi connectivity index (χ0v) is 21.9. The largest absolute Gasteiger partial charge is 0.462 e. The maximum atomic E-state index is 12.5. The molecule has 0 radical (unpaired) electrons. The van der Waals surface area contributed by atoms with Gasteiger partial charge in [-0.05, 0) is 61.3 Å². The molecule has 2 aromatic carbocycles. The molecule has 0 unspecified atom stereocenters. The number of carbonyl (C=O) groups is 1. The summed E-state index contributed by atoms with van der Waals surface area (Å²) in [4.78, 5) is 14.8.